The number of H-pyrrole nitrogens is 1. The van der Waals surface area contributed by atoms with Crippen LogP contribution in [-0.2, 0) is 13.1 Å². The predicted octanol–water partition coefficient (Wildman–Crippen LogP) is -0.0625. The van der Waals surface area contributed by atoms with Crippen molar-refractivity contribution >= 4 is 0 Å². The van der Waals surface area contributed by atoms with Crippen molar-refractivity contribution in [3.05, 3.63) is 33.7 Å². The van der Waals surface area contributed by atoms with Gasteiger partial charge in [-0.1, -0.05) is 0 Å². The monoisotopic (exact) mass is 250 g/mol. The molecule has 1 aliphatic heterocycles. The van der Waals surface area contributed by atoms with Crippen molar-refractivity contribution in [1.82, 2.24) is 20.9 Å². The van der Waals surface area contributed by atoms with Crippen LogP contribution < -0.4 is 21.4 Å². The largest absolute Gasteiger partial charge is 0.360 e. The lowest BCUT2D eigenvalue weighted by atomic mass is 10.2. The summed E-state index contributed by atoms with van der Waals surface area (Å²) < 4.78 is 0. The highest BCUT2D eigenvalue weighted by atomic mass is 16.1. The predicted molar refractivity (Wildman–Crippen MR) is 72.6 cm³/mol. The van der Waals surface area contributed by atoms with E-state index in [4.69, 9.17) is 0 Å². The minimum absolute atomic E-state index is 0.0797. The highest BCUT2D eigenvalue weighted by molar-refractivity contribution is 5.11. The minimum atomic E-state index is 0.0797. The minimum Gasteiger partial charge on any atom is -0.360 e. The zero-order chi connectivity index (χ0) is 12.6. The van der Waals surface area contributed by atoms with Crippen molar-refractivity contribution in [3.8, 4) is 0 Å². The standard InChI is InChI=1S/C13H22N4O/c18-13-7-11-9-15-5-1-3-14-4-2-6-16-10-12(8-13)17-11/h7-8,14-16H,1-6,9-10H2,(H,17,18). The van der Waals surface area contributed by atoms with Gasteiger partial charge in [-0.15, -0.1) is 0 Å². The summed E-state index contributed by atoms with van der Waals surface area (Å²) >= 11 is 0. The summed E-state index contributed by atoms with van der Waals surface area (Å²) in [5.74, 6) is 0. The van der Waals surface area contributed by atoms with Crippen molar-refractivity contribution in [1.29, 1.82) is 0 Å². The number of aromatic amines is 1. The zero-order valence-electron chi connectivity index (χ0n) is 10.7. The summed E-state index contributed by atoms with van der Waals surface area (Å²) in [5.41, 5.74) is 2.00. The van der Waals surface area contributed by atoms with Gasteiger partial charge < -0.3 is 20.9 Å². The first-order valence-corrected chi connectivity index (χ1v) is 6.69. The highest BCUT2D eigenvalue weighted by Gasteiger charge is 2.00. The van der Waals surface area contributed by atoms with Crippen LogP contribution in [-0.4, -0.2) is 31.2 Å². The molecule has 0 amide bonds. The molecule has 2 rings (SSSR count). The van der Waals surface area contributed by atoms with E-state index in [0.29, 0.717) is 0 Å². The Balaban J connectivity index is 2.01. The molecule has 1 aromatic heterocycles. The van der Waals surface area contributed by atoms with Gasteiger partial charge in [-0.3, -0.25) is 4.79 Å². The maximum Gasteiger partial charge on any atom is 0.182 e. The summed E-state index contributed by atoms with van der Waals surface area (Å²) in [7, 11) is 0. The van der Waals surface area contributed by atoms with Gasteiger partial charge in [0.2, 0.25) is 0 Å². The van der Waals surface area contributed by atoms with E-state index in [9.17, 15) is 4.79 Å². The normalized spacial score (nSPS) is 19.1. The fourth-order valence-corrected chi connectivity index (χ4v) is 2.10. The van der Waals surface area contributed by atoms with Crippen LogP contribution >= 0.6 is 0 Å². The first kappa shape index (κ1) is 13.3. The van der Waals surface area contributed by atoms with E-state index in [2.05, 4.69) is 20.9 Å². The maximum absolute atomic E-state index is 11.6. The molecule has 1 aromatic rings. The summed E-state index contributed by atoms with van der Waals surface area (Å²) in [6.45, 7) is 5.48. The lowest BCUT2D eigenvalue weighted by molar-refractivity contribution is 0.554. The lowest BCUT2D eigenvalue weighted by Crippen LogP contribution is -2.27. The van der Waals surface area contributed by atoms with Gasteiger partial charge in [0.05, 0.1) is 0 Å². The molecule has 0 aromatic carbocycles. The van der Waals surface area contributed by atoms with E-state index in [1.165, 1.54) is 0 Å². The Morgan fingerprint density at radius 2 is 1.28 bits per heavy atom. The second-order valence-electron chi connectivity index (χ2n) is 4.68. The van der Waals surface area contributed by atoms with Crippen LogP contribution in [0, 0.1) is 0 Å². The van der Waals surface area contributed by atoms with Gasteiger partial charge in [0.15, 0.2) is 5.43 Å². The smallest absolute Gasteiger partial charge is 0.182 e. The van der Waals surface area contributed by atoms with Crippen molar-refractivity contribution < 1.29 is 0 Å². The Bertz CT molecular complexity index is 382. The molecule has 0 saturated carbocycles. The van der Waals surface area contributed by atoms with E-state index in [-0.39, 0.29) is 5.43 Å². The third-order valence-corrected chi connectivity index (χ3v) is 3.00. The van der Waals surface area contributed by atoms with Gasteiger partial charge in [0.25, 0.3) is 0 Å². The van der Waals surface area contributed by atoms with Crippen LogP contribution in [0.2, 0.25) is 0 Å². The van der Waals surface area contributed by atoms with Gasteiger partial charge in [0, 0.05) is 36.6 Å². The van der Waals surface area contributed by atoms with Crippen LogP contribution in [0.5, 0.6) is 0 Å². The van der Waals surface area contributed by atoms with Crippen LogP contribution in [0.25, 0.3) is 0 Å². The summed E-state index contributed by atoms with van der Waals surface area (Å²) in [4.78, 5) is 14.9. The van der Waals surface area contributed by atoms with E-state index in [1.807, 2.05) is 0 Å². The van der Waals surface area contributed by atoms with Gasteiger partial charge >= 0.3 is 0 Å². The molecule has 0 unspecified atom stereocenters. The first-order chi connectivity index (χ1) is 8.84. The molecule has 4 N–H and O–H groups in total. The van der Waals surface area contributed by atoms with Crippen LogP contribution in [0.4, 0.5) is 0 Å². The third-order valence-electron chi connectivity index (χ3n) is 3.00. The molecular formula is C13H22N4O. The van der Waals surface area contributed by atoms with E-state index in [0.717, 1.165) is 63.5 Å². The van der Waals surface area contributed by atoms with Gasteiger partial charge in [-0.05, 0) is 39.0 Å². The van der Waals surface area contributed by atoms with Crippen molar-refractivity contribution in [2.45, 2.75) is 25.9 Å². The molecule has 0 atom stereocenters. The van der Waals surface area contributed by atoms with E-state index in [1.54, 1.807) is 12.1 Å². The Labute approximate surface area is 107 Å². The van der Waals surface area contributed by atoms with Crippen LogP contribution in [0.15, 0.2) is 16.9 Å². The average Bonchev–Trinajstić information content (AvgIpc) is 2.34. The van der Waals surface area contributed by atoms with Gasteiger partial charge in [-0.2, -0.15) is 0 Å². The summed E-state index contributed by atoms with van der Waals surface area (Å²) in [6, 6.07) is 3.33. The second kappa shape index (κ2) is 7.31. The maximum atomic E-state index is 11.6. The van der Waals surface area contributed by atoms with Crippen LogP contribution in [0.1, 0.15) is 24.2 Å². The number of hydrogen-bond donors (Lipinski definition) is 4. The molecule has 100 valence electrons. The molecule has 0 fully saturated rings. The molecule has 0 aliphatic carbocycles. The van der Waals surface area contributed by atoms with Crippen molar-refractivity contribution in [3.63, 3.8) is 0 Å². The summed E-state index contributed by atoms with van der Waals surface area (Å²) in [6.07, 6.45) is 2.22. The zero-order valence-corrected chi connectivity index (χ0v) is 10.7. The van der Waals surface area contributed by atoms with Gasteiger partial charge in [-0.25, -0.2) is 0 Å². The van der Waals surface area contributed by atoms with Crippen molar-refractivity contribution in [2.75, 3.05) is 26.2 Å². The number of aromatic nitrogens is 1. The molecule has 18 heavy (non-hydrogen) atoms. The first-order valence-electron chi connectivity index (χ1n) is 6.69. The quantitative estimate of drug-likeness (QED) is 0.521. The Kier molecular flexibility index (Phi) is 5.38. The van der Waals surface area contributed by atoms with Gasteiger partial charge in [0.1, 0.15) is 0 Å². The van der Waals surface area contributed by atoms with E-state index < -0.39 is 0 Å². The number of rotatable bonds is 0. The Morgan fingerprint density at radius 3 is 1.83 bits per heavy atom. The number of pyridine rings is 1. The highest BCUT2D eigenvalue weighted by Crippen LogP contribution is 1.96. The average molecular weight is 250 g/mol. The fourth-order valence-electron chi connectivity index (χ4n) is 2.10. The second-order valence-corrected chi connectivity index (χ2v) is 4.68. The van der Waals surface area contributed by atoms with Crippen molar-refractivity contribution in [2.24, 2.45) is 0 Å². The lowest BCUT2D eigenvalue weighted by Gasteiger charge is -2.11. The third kappa shape index (κ3) is 4.60. The fraction of sp³-hybridized carbons (Fsp3) is 0.615. The number of fused-ring (bicyclic) bond motifs is 2. The molecule has 1 aliphatic rings. The molecule has 5 nitrogen and oxygen atoms in total. The topological polar surface area (TPSA) is 69.0 Å². The molecule has 2 heterocycles. The molecular weight excluding hydrogens is 228 g/mol. The van der Waals surface area contributed by atoms with E-state index >= 15 is 0 Å². The Morgan fingerprint density at radius 1 is 0.778 bits per heavy atom. The molecule has 0 saturated heterocycles. The van der Waals surface area contributed by atoms with Crippen LogP contribution in [0.3, 0.4) is 0 Å². The molecule has 0 spiro atoms. The summed E-state index contributed by atoms with van der Waals surface area (Å²) in [5, 5.41) is 10.1. The number of nitrogens with one attached hydrogen (secondary N) is 4. The SMILES string of the molecule is O=c1cc2[nH]c(c1)CNCCCNCCCNC2. The molecule has 0 radical (unpaired) electrons. The Hall–Kier alpha value is -1.17. The molecule has 5 heteroatoms. The molecule has 2 bridgehead atoms. The number of hydrogen-bond acceptors (Lipinski definition) is 4.